The first-order valence-corrected chi connectivity index (χ1v) is 11.7. The van der Waals surface area contributed by atoms with Crippen molar-refractivity contribution in [1.82, 2.24) is 20.1 Å². The van der Waals surface area contributed by atoms with E-state index in [1.54, 1.807) is 36.4 Å². The van der Waals surface area contributed by atoms with Gasteiger partial charge in [0.05, 0.1) is 16.6 Å². The summed E-state index contributed by atoms with van der Waals surface area (Å²) >= 11 is 0. The van der Waals surface area contributed by atoms with E-state index in [9.17, 15) is 14.4 Å². The predicted octanol–water partition coefficient (Wildman–Crippen LogP) is 2.97. The number of halogens is 1. The molecule has 2 heterocycles. The van der Waals surface area contributed by atoms with Crippen LogP contribution >= 0.6 is 0 Å². The molecule has 5 rings (SSSR count). The molecule has 8 nitrogen and oxygen atoms in total. The third kappa shape index (κ3) is 3.87. The number of nitrogens with two attached hydrogens (primary N) is 1. The van der Waals surface area contributed by atoms with Gasteiger partial charge in [-0.05, 0) is 36.9 Å². The van der Waals surface area contributed by atoms with Crippen LogP contribution < -0.4 is 11.1 Å². The molecule has 1 aliphatic heterocycles. The Balaban J connectivity index is 1.69. The largest absolute Gasteiger partial charge is 0.366 e. The van der Waals surface area contributed by atoms with E-state index in [4.69, 9.17) is 5.73 Å². The summed E-state index contributed by atoms with van der Waals surface area (Å²) < 4.78 is 15.5. The Hall–Kier alpha value is -4.24. The zero-order valence-electron chi connectivity index (χ0n) is 20.0. The van der Waals surface area contributed by atoms with Crippen LogP contribution in [0.2, 0.25) is 0 Å². The highest BCUT2D eigenvalue weighted by Gasteiger charge is 2.23. The van der Waals surface area contributed by atoms with Crippen molar-refractivity contribution < 1.29 is 18.8 Å². The van der Waals surface area contributed by atoms with Gasteiger partial charge in [0, 0.05) is 60.6 Å². The lowest BCUT2D eigenvalue weighted by molar-refractivity contribution is 0.0664. The molecule has 0 bridgehead atoms. The number of amides is 3. The van der Waals surface area contributed by atoms with Crippen molar-refractivity contribution in [3.63, 3.8) is 0 Å². The Morgan fingerprint density at radius 1 is 0.972 bits per heavy atom. The smallest absolute Gasteiger partial charge is 0.254 e. The van der Waals surface area contributed by atoms with Crippen LogP contribution in [0, 0.1) is 5.82 Å². The van der Waals surface area contributed by atoms with E-state index in [0.717, 1.165) is 13.1 Å². The molecule has 184 valence electrons. The number of rotatable bonds is 4. The Morgan fingerprint density at radius 2 is 1.72 bits per heavy atom. The highest BCUT2D eigenvalue weighted by atomic mass is 19.1. The average Bonchev–Trinajstić information content (AvgIpc) is 3.26. The molecule has 1 aromatic heterocycles. The summed E-state index contributed by atoms with van der Waals surface area (Å²) in [6.07, 6.45) is 0. The molecule has 1 fully saturated rings. The molecule has 0 unspecified atom stereocenters. The fourth-order valence-electron chi connectivity index (χ4n) is 4.82. The van der Waals surface area contributed by atoms with Gasteiger partial charge >= 0.3 is 0 Å². The zero-order valence-corrected chi connectivity index (χ0v) is 20.0. The maximum atomic E-state index is 15.5. The lowest BCUT2D eigenvalue weighted by atomic mass is 9.94. The average molecular weight is 488 g/mol. The summed E-state index contributed by atoms with van der Waals surface area (Å²) in [5, 5.41) is 3.75. The van der Waals surface area contributed by atoms with Crippen molar-refractivity contribution in [2.24, 2.45) is 5.73 Å². The number of hydrogen-bond donors (Lipinski definition) is 3. The second-order valence-corrected chi connectivity index (χ2v) is 9.00. The second-order valence-electron chi connectivity index (χ2n) is 9.00. The minimum absolute atomic E-state index is 0.0664. The fourth-order valence-corrected chi connectivity index (χ4v) is 4.82. The Labute approximate surface area is 206 Å². The predicted molar refractivity (Wildman–Crippen MR) is 137 cm³/mol. The number of carbonyl (C=O) groups excluding carboxylic acids is 3. The van der Waals surface area contributed by atoms with E-state index in [-0.39, 0.29) is 22.6 Å². The van der Waals surface area contributed by atoms with Gasteiger partial charge in [-0.3, -0.25) is 14.4 Å². The lowest BCUT2D eigenvalue weighted by Crippen LogP contribution is -2.47. The summed E-state index contributed by atoms with van der Waals surface area (Å²) in [5.74, 6) is -1.90. The quantitative estimate of drug-likeness (QED) is 0.411. The van der Waals surface area contributed by atoms with Gasteiger partial charge in [-0.25, -0.2) is 4.39 Å². The van der Waals surface area contributed by atoms with E-state index >= 15 is 4.39 Å². The minimum atomic E-state index is -0.666. The number of aromatic amines is 1. The molecule has 1 saturated heterocycles. The van der Waals surface area contributed by atoms with E-state index < -0.39 is 17.6 Å². The van der Waals surface area contributed by atoms with Crippen molar-refractivity contribution in [3.05, 3.63) is 71.0 Å². The topological polar surface area (TPSA) is 112 Å². The number of nitrogens with zero attached hydrogens (tertiary/aromatic N) is 2. The van der Waals surface area contributed by atoms with E-state index in [1.165, 1.54) is 19.2 Å². The molecule has 0 radical (unpaired) electrons. The van der Waals surface area contributed by atoms with Crippen LogP contribution in [-0.4, -0.2) is 72.8 Å². The molecule has 4 N–H and O–H groups in total. The van der Waals surface area contributed by atoms with Crippen LogP contribution in [-0.2, 0) is 0 Å². The van der Waals surface area contributed by atoms with Crippen molar-refractivity contribution in [3.8, 4) is 11.1 Å². The summed E-state index contributed by atoms with van der Waals surface area (Å²) in [6, 6.07) is 13.1. The van der Waals surface area contributed by atoms with Gasteiger partial charge in [0.25, 0.3) is 17.7 Å². The van der Waals surface area contributed by atoms with Gasteiger partial charge in [0.15, 0.2) is 0 Å². The number of aromatic nitrogens is 1. The van der Waals surface area contributed by atoms with E-state index in [2.05, 4.69) is 15.2 Å². The second kappa shape index (κ2) is 9.09. The molecule has 0 saturated carbocycles. The molecule has 0 spiro atoms. The van der Waals surface area contributed by atoms with Crippen LogP contribution in [0.4, 0.5) is 4.39 Å². The lowest BCUT2D eigenvalue weighted by Gasteiger charge is -2.32. The van der Waals surface area contributed by atoms with Crippen molar-refractivity contribution >= 4 is 39.5 Å². The molecular formula is C27H26FN5O3. The molecule has 1 aliphatic rings. The number of carbonyl (C=O) groups is 3. The first-order chi connectivity index (χ1) is 17.3. The van der Waals surface area contributed by atoms with Crippen molar-refractivity contribution in [2.45, 2.75) is 0 Å². The molecule has 36 heavy (non-hydrogen) atoms. The number of nitrogens with one attached hydrogen (secondary N) is 2. The number of fused-ring (bicyclic) bond motifs is 3. The zero-order chi connectivity index (χ0) is 25.6. The molecule has 9 heteroatoms. The molecule has 3 amide bonds. The minimum Gasteiger partial charge on any atom is -0.366 e. The molecule has 3 aromatic carbocycles. The normalized spacial score (nSPS) is 14.4. The standard InChI is InChI=1S/C27H26FN5O3/c1-30-26(35)19-5-3-4-17(23(19)28)16-8-9-20(25(29)34)24-22(16)18-7-6-15(14-21(18)31-24)27(36)33-12-10-32(2)11-13-33/h3-9,14,31H,10-13H2,1-2H3,(H2,29,34)(H,30,35). The first kappa shape index (κ1) is 23.5. The van der Waals surface area contributed by atoms with Crippen molar-refractivity contribution in [2.75, 3.05) is 40.3 Å². The third-order valence-electron chi connectivity index (χ3n) is 6.82. The number of benzene rings is 3. The number of H-pyrrole nitrogens is 1. The summed E-state index contributed by atoms with van der Waals surface area (Å²) in [7, 11) is 3.47. The Morgan fingerprint density at radius 3 is 2.42 bits per heavy atom. The number of primary amides is 1. The molecule has 4 aromatic rings. The van der Waals surface area contributed by atoms with Gasteiger partial charge in [-0.1, -0.05) is 24.3 Å². The molecular weight excluding hydrogens is 461 g/mol. The third-order valence-corrected chi connectivity index (χ3v) is 6.82. The molecule has 0 atom stereocenters. The Kier molecular flexibility index (Phi) is 5.93. The van der Waals surface area contributed by atoms with Crippen molar-refractivity contribution in [1.29, 1.82) is 0 Å². The van der Waals surface area contributed by atoms with Crippen LogP contribution in [0.15, 0.2) is 48.5 Å². The SMILES string of the molecule is CNC(=O)c1cccc(-c2ccc(C(N)=O)c3[nH]c4cc(C(=O)N5CCN(C)CC5)ccc4c23)c1F. The van der Waals surface area contributed by atoms with Crippen LogP contribution in [0.5, 0.6) is 0 Å². The van der Waals surface area contributed by atoms with Gasteiger partial charge in [-0.2, -0.15) is 0 Å². The van der Waals surface area contributed by atoms with Gasteiger partial charge < -0.3 is 25.8 Å². The maximum Gasteiger partial charge on any atom is 0.254 e. The van der Waals surface area contributed by atoms with E-state index in [0.29, 0.717) is 46.0 Å². The van der Waals surface area contributed by atoms with Gasteiger partial charge in [0.1, 0.15) is 5.82 Å². The van der Waals surface area contributed by atoms with E-state index in [1.807, 2.05) is 11.9 Å². The molecule has 0 aliphatic carbocycles. The number of likely N-dealkylation sites (N-methyl/N-ethyl adjacent to an activating group) is 1. The van der Waals surface area contributed by atoms with Crippen LogP contribution in [0.1, 0.15) is 31.1 Å². The highest BCUT2D eigenvalue weighted by molar-refractivity contribution is 6.20. The Bertz CT molecular complexity index is 1540. The first-order valence-electron chi connectivity index (χ1n) is 11.7. The van der Waals surface area contributed by atoms with Crippen LogP contribution in [0.25, 0.3) is 32.9 Å². The highest BCUT2D eigenvalue weighted by Crippen LogP contribution is 2.38. The summed E-state index contributed by atoms with van der Waals surface area (Å²) in [6.45, 7) is 2.92. The summed E-state index contributed by atoms with van der Waals surface area (Å²) in [5.41, 5.74) is 8.12. The number of piperazine rings is 1. The van der Waals surface area contributed by atoms with Gasteiger partial charge in [-0.15, -0.1) is 0 Å². The summed E-state index contributed by atoms with van der Waals surface area (Å²) in [4.78, 5) is 44.8. The number of hydrogen-bond acceptors (Lipinski definition) is 4. The van der Waals surface area contributed by atoms with Gasteiger partial charge in [0.2, 0.25) is 0 Å². The monoisotopic (exact) mass is 487 g/mol. The van der Waals surface area contributed by atoms with Crippen LogP contribution in [0.3, 0.4) is 0 Å². The maximum absolute atomic E-state index is 15.5. The fraction of sp³-hybridized carbons (Fsp3) is 0.222.